The number of hydrogen-bond donors (Lipinski definition) is 1. The highest BCUT2D eigenvalue weighted by Crippen LogP contribution is 2.52. The van der Waals surface area contributed by atoms with Crippen LogP contribution in [0.1, 0.15) is 23.1 Å². The minimum atomic E-state index is -0.788. The standard InChI is InChI=1S/C26H29NO4/c1-29-23-13-7-4-10-20(23)26(27-17-16-19(28)18-27,21-11-5-8-14-24(21)30-2)22-12-6-9-15-25(22)31-3/h4-15,19,28H,16-18H2,1-3H3. The number of aliphatic hydroxyl groups is 1. The molecule has 5 heteroatoms. The van der Waals surface area contributed by atoms with E-state index in [2.05, 4.69) is 23.1 Å². The summed E-state index contributed by atoms with van der Waals surface area (Å²) in [6, 6.07) is 24.1. The molecule has 0 aliphatic carbocycles. The van der Waals surface area contributed by atoms with Crippen LogP contribution in [0.15, 0.2) is 72.8 Å². The second-order valence-electron chi connectivity index (χ2n) is 7.70. The van der Waals surface area contributed by atoms with Crippen molar-refractivity contribution in [2.24, 2.45) is 0 Å². The van der Waals surface area contributed by atoms with Crippen molar-refractivity contribution in [1.82, 2.24) is 4.90 Å². The van der Waals surface area contributed by atoms with Crippen molar-refractivity contribution in [3.8, 4) is 17.2 Å². The van der Waals surface area contributed by atoms with Gasteiger partial charge in [0.25, 0.3) is 0 Å². The van der Waals surface area contributed by atoms with Crippen LogP contribution in [-0.2, 0) is 5.54 Å². The first-order valence-corrected chi connectivity index (χ1v) is 10.5. The molecule has 162 valence electrons. The van der Waals surface area contributed by atoms with E-state index in [0.717, 1.165) is 40.5 Å². The van der Waals surface area contributed by atoms with E-state index in [4.69, 9.17) is 14.2 Å². The Balaban J connectivity index is 2.16. The highest BCUT2D eigenvalue weighted by Gasteiger charge is 2.49. The van der Waals surface area contributed by atoms with E-state index in [9.17, 15) is 5.11 Å². The van der Waals surface area contributed by atoms with Crippen LogP contribution in [0.3, 0.4) is 0 Å². The first-order chi connectivity index (χ1) is 15.2. The number of rotatable bonds is 7. The smallest absolute Gasteiger partial charge is 0.124 e. The lowest BCUT2D eigenvalue weighted by molar-refractivity contribution is 0.136. The molecular formula is C26H29NO4. The molecule has 1 heterocycles. The van der Waals surface area contributed by atoms with Crippen LogP contribution in [0, 0.1) is 0 Å². The van der Waals surface area contributed by atoms with Crippen LogP contribution in [0.2, 0.25) is 0 Å². The molecule has 1 saturated heterocycles. The summed E-state index contributed by atoms with van der Waals surface area (Å²) in [4.78, 5) is 2.31. The maximum atomic E-state index is 10.5. The molecule has 0 spiro atoms. The molecule has 4 rings (SSSR count). The van der Waals surface area contributed by atoms with Crippen LogP contribution in [-0.4, -0.2) is 50.5 Å². The van der Waals surface area contributed by atoms with Crippen LogP contribution >= 0.6 is 0 Å². The van der Waals surface area contributed by atoms with Gasteiger partial charge < -0.3 is 19.3 Å². The molecule has 0 bridgehead atoms. The zero-order valence-electron chi connectivity index (χ0n) is 18.2. The van der Waals surface area contributed by atoms with E-state index in [0.29, 0.717) is 13.0 Å². The fraction of sp³-hybridized carbons (Fsp3) is 0.308. The Morgan fingerprint density at radius 3 is 1.42 bits per heavy atom. The summed E-state index contributed by atoms with van der Waals surface area (Å²) in [5.41, 5.74) is 2.13. The van der Waals surface area contributed by atoms with Crippen molar-refractivity contribution in [1.29, 1.82) is 0 Å². The van der Waals surface area contributed by atoms with E-state index in [1.54, 1.807) is 21.3 Å². The zero-order valence-corrected chi connectivity index (χ0v) is 18.2. The number of nitrogens with zero attached hydrogens (tertiary/aromatic N) is 1. The molecule has 0 radical (unpaired) electrons. The minimum Gasteiger partial charge on any atom is -0.496 e. The van der Waals surface area contributed by atoms with Gasteiger partial charge in [-0.2, -0.15) is 0 Å². The molecule has 0 amide bonds. The SMILES string of the molecule is COc1ccccc1C(c1ccccc1OC)(c1ccccc1OC)N1CCC(O)C1. The number of methoxy groups -OCH3 is 3. The van der Waals surface area contributed by atoms with Gasteiger partial charge in [-0.25, -0.2) is 0 Å². The lowest BCUT2D eigenvalue weighted by atomic mass is 9.74. The van der Waals surface area contributed by atoms with E-state index >= 15 is 0 Å². The largest absolute Gasteiger partial charge is 0.496 e. The predicted molar refractivity (Wildman–Crippen MR) is 121 cm³/mol. The predicted octanol–water partition coefficient (Wildman–Crippen LogP) is 4.07. The third kappa shape index (κ3) is 3.54. The van der Waals surface area contributed by atoms with Gasteiger partial charge in [0.05, 0.1) is 27.4 Å². The number of β-amino-alcohol motifs (C(OH)–C–C–N with tert-alkyl or cyclic N) is 1. The first kappa shape index (κ1) is 21.2. The number of ether oxygens (including phenoxy) is 3. The molecule has 3 aromatic rings. The van der Waals surface area contributed by atoms with Gasteiger partial charge in [-0.1, -0.05) is 54.6 Å². The summed E-state index contributed by atoms with van der Waals surface area (Å²) >= 11 is 0. The quantitative estimate of drug-likeness (QED) is 0.585. The topological polar surface area (TPSA) is 51.2 Å². The second kappa shape index (κ2) is 9.00. The van der Waals surface area contributed by atoms with E-state index in [1.807, 2.05) is 54.6 Å². The summed E-state index contributed by atoms with van der Waals surface area (Å²) < 4.78 is 17.6. The van der Waals surface area contributed by atoms with Gasteiger partial charge in [0.1, 0.15) is 22.8 Å². The average molecular weight is 420 g/mol. The van der Waals surface area contributed by atoms with Crippen molar-refractivity contribution in [3.05, 3.63) is 89.5 Å². The molecular weight excluding hydrogens is 390 g/mol. The first-order valence-electron chi connectivity index (χ1n) is 10.5. The van der Waals surface area contributed by atoms with Crippen molar-refractivity contribution in [3.63, 3.8) is 0 Å². The number of aliphatic hydroxyl groups excluding tert-OH is 1. The lowest BCUT2D eigenvalue weighted by Crippen LogP contribution is -2.48. The van der Waals surface area contributed by atoms with Crippen LogP contribution < -0.4 is 14.2 Å². The van der Waals surface area contributed by atoms with Gasteiger partial charge in [-0.3, -0.25) is 4.90 Å². The monoisotopic (exact) mass is 419 g/mol. The summed E-state index contributed by atoms with van der Waals surface area (Å²) in [6.45, 7) is 1.24. The van der Waals surface area contributed by atoms with Crippen molar-refractivity contribution >= 4 is 0 Å². The summed E-state index contributed by atoms with van der Waals surface area (Å²) in [5, 5.41) is 10.5. The Labute approximate surface area is 183 Å². The Morgan fingerprint density at radius 1 is 0.710 bits per heavy atom. The number of hydrogen-bond acceptors (Lipinski definition) is 5. The molecule has 0 saturated carbocycles. The van der Waals surface area contributed by atoms with Crippen molar-refractivity contribution in [2.45, 2.75) is 18.1 Å². The molecule has 1 unspecified atom stereocenters. The van der Waals surface area contributed by atoms with Gasteiger partial charge >= 0.3 is 0 Å². The van der Waals surface area contributed by atoms with Gasteiger partial charge in [0, 0.05) is 29.8 Å². The maximum absolute atomic E-state index is 10.5. The minimum absolute atomic E-state index is 0.404. The third-order valence-corrected chi connectivity index (χ3v) is 6.13. The Morgan fingerprint density at radius 2 is 1.10 bits per heavy atom. The highest BCUT2D eigenvalue weighted by atomic mass is 16.5. The molecule has 1 fully saturated rings. The Hall–Kier alpha value is -3.02. The molecule has 1 atom stereocenters. The van der Waals surface area contributed by atoms with Gasteiger partial charge in [0.15, 0.2) is 0 Å². The van der Waals surface area contributed by atoms with E-state index < -0.39 is 11.6 Å². The molecule has 0 aromatic heterocycles. The third-order valence-electron chi connectivity index (χ3n) is 6.13. The number of benzene rings is 3. The normalized spacial score (nSPS) is 16.8. The van der Waals surface area contributed by atoms with Crippen LogP contribution in [0.5, 0.6) is 17.2 Å². The lowest BCUT2D eigenvalue weighted by Gasteiger charge is -2.45. The van der Waals surface area contributed by atoms with Crippen LogP contribution in [0.25, 0.3) is 0 Å². The second-order valence-corrected chi connectivity index (χ2v) is 7.70. The fourth-order valence-corrected chi connectivity index (χ4v) is 4.82. The average Bonchev–Trinajstić information content (AvgIpc) is 3.27. The Kier molecular flexibility index (Phi) is 6.16. The molecule has 1 N–H and O–H groups in total. The molecule has 3 aromatic carbocycles. The number of para-hydroxylation sites is 3. The van der Waals surface area contributed by atoms with Gasteiger partial charge in [-0.15, -0.1) is 0 Å². The zero-order chi connectivity index (χ0) is 21.8. The molecule has 5 nitrogen and oxygen atoms in total. The highest BCUT2D eigenvalue weighted by molar-refractivity contribution is 5.61. The fourth-order valence-electron chi connectivity index (χ4n) is 4.82. The van der Waals surface area contributed by atoms with Gasteiger partial charge in [-0.05, 0) is 24.6 Å². The van der Waals surface area contributed by atoms with E-state index in [-0.39, 0.29) is 0 Å². The Bertz CT molecular complexity index is 919. The maximum Gasteiger partial charge on any atom is 0.124 e. The van der Waals surface area contributed by atoms with E-state index in [1.165, 1.54) is 0 Å². The van der Waals surface area contributed by atoms with Gasteiger partial charge in [0.2, 0.25) is 0 Å². The number of likely N-dealkylation sites (tertiary alicyclic amines) is 1. The van der Waals surface area contributed by atoms with Crippen molar-refractivity contribution < 1.29 is 19.3 Å². The summed E-state index contributed by atoms with van der Waals surface area (Å²) in [6.07, 6.45) is 0.291. The molecule has 31 heavy (non-hydrogen) atoms. The molecule has 1 aliphatic heterocycles. The van der Waals surface area contributed by atoms with Crippen LogP contribution in [0.4, 0.5) is 0 Å². The van der Waals surface area contributed by atoms with Crippen molar-refractivity contribution in [2.75, 3.05) is 34.4 Å². The summed E-state index contributed by atoms with van der Waals surface area (Å²) in [5.74, 6) is 2.29. The summed E-state index contributed by atoms with van der Waals surface area (Å²) in [7, 11) is 5.06. The molecule has 1 aliphatic rings.